The molecule has 0 unspecified atom stereocenters. The summed E-state index contributed by atoms with van der Waals surface area (Å²) >= 11 is 2.90. The molecule has 1 rings (SSSR count). The molecule has 0 aromatic heterocycles. The Labute approximate surface area is 104 Å². The van der Waals surface area contributed by atoms with Gasteiger partial charge in [-0.05, 0) is 36.0 Å². The summed E-state index contributed by atoms with van der Waals surface area (Å²) in [6, 6.07) is 6.62. The quantitative estimate of drug-likeness (QED) is 0.823. The van der Waals surface area contributed by atoms with Gasteiger partial charge in [0, 0.05) is 11.5 Å². The van der Waals surface area contributed by atoms with E-state index in [2.05, 4.69) is 0 Å². The molecular weight excluding hydrogens is 242 g/mol. The van der Waals surface area contributed by atoms with Crippen molar-refractivity contribution in [1.29, 1.82) is 0 Å². The average molecular weight is 257 g/mol. The lowest BCUT2D eigenvalue weighted by atomic mass is 10.2. The number of benzene rings is 1. The zero-order chi connectivity index (χ0) is 12.0. The third-order valence-corrected chi connectivity index (χ3v) is 3.74. The number of phenolic OH excluding ortho intramolecular Hbond substituents is 1. The number of phenols is 1. The van der Waals surface area contributed by atoms with Crippen LogP contribution < -0.4 is 0 Å². The van der Waals surface area contributed by atoms with Crippen molar-refractivity contribution in [3.63, 3.8) is 0 Å². The third-order valence-electron chi connectivity index (χ3n) is 1.79. The second kappa shape index (κ2) is 6.70. The highest BCUT2D eigenvalue weighted by molar-refractivity contribution is 8.12. The molecule has 0 bridgehead atoms. The van der Waals surface area contributed by atoms with Crippen molar-refractivity contribution in [2.75, 3.05) is 11.5 Å². The van der Waals surface area contributed by atoms with Crippen LogP contribution in [0.25, 0.3) is 0 Å². The molecule has 0 atom stereocenters. The first-order valence-electron chi connectivity index (χ1n) is 5.09. The summed E-state index contributed by atoms with van der Waals surface area (Å²) in [7, 11) is 0. The minimum Gasteiger partial charge on any atom is -0.507 e. The number of carbonyl (C=O) groups is 1. The minimum absolute atomic E-state index is 0.0332. The lowest BCUT2D eigenvalue weighted by Crippen LogP contribution is -2.18. The maximum absolute atomic E-state index is 12.1. The van der Waals surface area contributed by atoms with Crippen molar-refractivity contribution < 1.29 is 9.90 Å². The van der Waals surface area contributed by atoms with Crippen molar-refractivity contribution in [3.05, 3.63) is 29.8 Å². The largest absolute Gasteiger partial charge is 0.507 e. The SMILES string of the molecule is CCSN(SCC)C(=O)c1ccccc1O. The van der Waals surface area contributed by atoms with Crippen LogP contribution in [0.3, 0.4) is 0 Å². The first-order chi connectivity index (χ1) is 7.70. The summed E-state index contributed by atoms with van der Waals surface area (Å²) in [5, 5.41) is 9.60. The van der Waals surface area contributed by atoms with E-state index in [1.165, 1.54) is 30.0 Å². The van der Waals surface area contributed by atoms with Gasteiger partial charge in [0.2, 0.25) is 0 Å². The predicted octanol–water partition coefficient (Wildman–Crippen LogP) is 3.17. The van der Waals surface area contributed by atoms with E-state index in [1.54, 1.807) is 21.9 Å². The molecule has 0 spiro atoms. The molecular formula is C11H15NO2S2. The van der Waals surface area contributed by atoms with Gasteiger partial charge in [0.25, 0.3) is 5.91 Å². The summed E-state index contributed by atoms with van der Waals surface area (Å²) in [6.07, 6.45) is 0. The van der Waals surface area contributed by atoms with Gasteiger partial charge in [-0.2, -0.15) is 0 Å². The Bertz CT molecular complexity index is 352. The summed E-state index contributed by atoms with van der Waals surface area (Å²) < 4.78 is 1.62. The Morgan fingerprint density at radius 1 is 1.25 bits per heavy atom. The Hall–Kier alpha value is -0.810. The second-order valence-electron chi connectivity index (χ2n) is 2.91. The molecule has 1 N–H and O–H groups in total. The molecule has 0 radical (unpaired) electrons. The van der Waals surface area contributed by atoms with E-state index in [0.717, 1.165) is 11.5 Å². The van der Waals surface area contributed by atoms with E-state index in [4.69, 9.17) is 0 Å². The smallest absolute Gasteiger partial charge is 0.277 e. The van der Waals surface area contributed by atoms with Gasteiger partial charge in [0.05, 0.1) is 5.56 Å². The highest BCUT2D eigenvalue weighted by atomic mass is 32.2. The highest BCUT2D eigenvalue weighted by Gasteiger charge is 2.18. The summed E-state index contributed by atoms with van der Waals surface area (Å²) in [6.45, 7) is 3.98. The number of rotatable bonds is 5. The lowest BCUT2D eigenvalue weighted by molar-refractivity contribution is 0.0931. The van der Waals surface area contributed by atoms with Crippen molar-refractivity contribution in [2.24, 2.45) is 0 Å². The summed E-state index contributed by atoms with van der Waals surface area (Å²) in [5.74, 6) is 1.53. The molecule has 1 amide bonds. The van der Waals surface area contributed by atoms with E-state index in [0.29, 0.717) is 5.56 Å². The van der Waals surface area contributed by atoms with E-state index >= 15 is 0 Å². The fourth-order valence-corrected chi connectivity index (χ4v) is 2.97. The van der Waals surface area contributed by atoms with Gasteiger partial charge in [0.1, 0.15) is 5.75 Å². The monoisotopic (exact) mass is 257 g/mol. The molecule has 0 aliphatic heterocycles. The van der Waals surface area contributed by atoms with Crippen LogP contribution in [0.2, 0.25) is 0 Å². The molecule has 5 heteroatoms. The van der Waals surface area contributed by atoms with E-state index in [-0.39, 0.29) is 11.7 Å². The van der Waals surface area contributed by atoms with E-state index in [1.807, 2.05) is 13.8 Å². The third kappa shape index (κ3) is 3.35. The normalized spacial score (nSPS) is 10.1. The first-order valence-corrected chi connectivity index (χ1v) is 6.97. The molecule has 1 aromatic carbocycles. The number of amides is 1. The van der Waals surface area contributed by atoms with Crippen LogP contribution in [0.15, 0.2) is 24.3 Å². The number of hydrogen-bond acceptors (Lipinski definition) is 4. The van der Waals surface area contributed by atoms with Crippen molar-refractivity contribution in [1.82, 2.24) is 3.71 Å². The van der Waals surface area contributed by atoms with Gasteiger partial charge in [-0.1, -0.05) is 26.0 Å². The molecule has 0 aliphatic rings. The Kier molecular flexibility index (Phi) is 5.55. The number of carbonyl (C=O) groups excluding carboxylic acids is 1. The molecule has 0 heterocycles. The van der Waals surface area contributed by atoms with Crippen LogP contribution in [-0.4, -0.2) is 26.2 Å². The molecule has 1 aromatic rings. The van der Waals surface area contributed by atoms with Gasteiger partial charge in [-0.25, -0.2) is 3.71 Å². The van der Waals surface area contributed by atoms with Crippen LogP contribution in [-0.2, 0) is 0 Å². The molecule has 0 aliphatic carbocycles. The maximum atomic E-state index is 12.1. The molecule has 0 saturated carbocycles. The summed E-state index contributed by atoms with van der Waals surface area (Å²) in [5.41, 5.74) is 0.351. The van der Waals surface area contributed by atoms with Gasteiger partial charge in [-0.15, -0.1) is 0 Å². The van der Waals surface area contributed by atoms with Crippen LogP contribution in [0.1, 0.15) is 24.2 Å². The van der Waals surface area contributed by atoms with Crippen molar-refractivity contribution in [2.45, 2.75) is 13.8 Å². The van der Waals surface area contributed by atoms with Crippen molar-refractivity contribution in [3.8, 4) is 5.75 Å². The van der Waals surface area contributed by atoms with Crippen LogP contribution in [0.5, 0.6) is 5.75 Å². The fourth-order valence-electron chi connectivity index (χ4n) is 1.14. The first kappa shape index (κ1) is 13.3. The van der Waals surface area contributed by atoms with Crippen LogP contribution >= 0.6 is 23.9 Å². The van der Waals surface area contributed by atoms with Gasteiger partial charge in [-0.3, -0.25) is 4.79 Å². The number of nitrogens with zero attached hydrogens (tertiary/aromatic N) is 1. The number of hydrogen-bond donors (Lipinski definition) is 1. The Morgan fingerprint density at radius 3 is 2.31 bits per heavy atom. The minimum atomic E-state index is -0.156. The molecule has 0 saturated heterocycles. The van der Waals surface area contributed by atoms with Gasteiger partial charge in [0.15, 0.2) is 0 Å². The van der Waals surface area contributed by atoms with Gasteiger partial charge >= 0.3 is 0 Å². The van der Waals surface area contributed by atoms with Gasteiger partial charge < -0.3 is 5.11 Å². The topological polar surface area (TPSA) is 40.5 Å². The molecule has 0 fully saturated rings. The van der Waals surface area contributed by atoms with Crippen LogP contribution in [0, 0.1) is 0 Å². The van der Waals surface area contributed by atoms with Crippen LogP contribution in [0.4, 0.5) is 0 Å². The van der Waals surface area contributed by atoms with Crippen molar-refractivity contribution >= 4 is 29.8 Å². The highest BCUT2D eigenvalue weighted by Crippen LogP contribution is 2.27. The zero-order valence-electron chi connectivity index (χ0n) is 9.34. The number of aromatic hydroxyl groups is 1. The van der Waals surface area contributed by atoms with E-state index < -0.39 is 0 Å². The zero-order valence-corrected chi connectivity index (χ0v) is 11.0. The average Bonchev–Trinajstić information content (AvgIpc) is 2.28. The fraction of sp³-hybridized carbons (Fsp3) is 0.364. The molecule has 16 heavy (non-hydrogen) atoms. The van der Waals surface area contributed by atoms with E-state index in [9.17, 15) is 9.90 Å². The Morgan fingerprint density at radius 2 is 1.81 bits per heavy atom. The molecule has 3 nitrogen and oxygen atoms in total. The number of para-hydroxylation sites is 1. The summed E-state index contributed by atoms with van der Waals surface area (Å²) in [4.78, 5) is 12.1. The Balaban J connectivity index is 2.85. The standard InChI is InChI=1S/C11H15NO2S2/c1-3-15-12(16-4-2)11(14)9-7-5-6-8-10(9)13/h5-8,13H,3-4H2,1-2H3. The lowest BCUT2D eigenvalue weighted by Gasteiger charge is -2.18. The second-order valence-corrected chi connectivity index (χ2v) is 5.55. The molecule has 88 valence electrons. The predicted molar refractivity (Wildman–Crippen MR) is 70.5 cm³/mol. The maximum Gasteiger partial charge on any atom is 0.277 e.